The Morgan fingerprint density at radius 3 is 2.32 bits per heavy atom. The van der Waals surface area contributed by atoms with Crippen LogP contribution in [0.25, 0.3) is 0 Å². The van der Waals surface area contributed by atoms with E-state index in [9.17, 15) is 22.8 Å². The summed E-state index contributed by atoms with van der Waals surface area (Å²) >= 11 is 0. The molecule has 0 atom stereocenters. The van der Waals surface area contributed by atoms with Crippen LogP contribution in [0.1, 0.15) is 28.4 Å². The third-order valence-electron chi connectivity index (χ3n) is 4.12. The van der Waals surface area contributed by atoms with Gasteiger partial charge in [-0.1, -0.05) is 0 Å². The lowest BCUT2D eigenvalue weighted by Crippen LogP contribution is -2.19. The van der Waals surface area contributed by atoms with Gasteiger partial charge < -0.3 is 15.0 Å². The summed E-state index contributed by atoms with van der Waals surface area (Å²) in [5.41, 5.74) is 0.504. The molecule has 8 heteroatoms. The lowest BCUT2D eigenvalue weighted by atomic mass is 10.0. The molecule has 2 aromatic rings. The van der Waals surface area contributed by atoms with Gasteiger partial charge in [-0.25, -0.2) is 0 Å². The van der Waals surface area contributed by atoms with Crippen LogP contribution < -0.4 is 15.0 Å². The quantitative estimate of drug-likeness (QED) is 0.748. The third-order valence-corrected chi connectivity index (χ3v) is 4.12. The molecular weight excluding hydrogens is 373 g/mol. The minimum absolute atomic E-state index is 0.0477. The number of hydrogen-bond acceptors (Lipinski definition) is 4. The minimum atomic E-state index is -4.52. The summed E-state index contributed by atoms with van der Waals surface area (Å²) in [6, 6.07) is 7.87. The second kappa shape index (κ2) is 8.33. The van der Waals surface area contributed by atoms with Crippen LogP contribution in [-0.4, -0.2) is 32.9 Å². The molecule has 2 aromatic carbocycles. The van der Waals surface area contributed by atoms with Gasteiger partial charge in [-0.05, 0) is 43.3 Å². The number of nitrogens with zero attached hydrogens (tertiary/aromatic N) is 1. The predicted octanol–water partition coefficient (Wildman–Crippen LogP) is 4.16. The average molecular weight is 394 g/mol. The normalized spacial score (nSPS) is 11.1. The smallest absolute Gasteiger partial charge is 0.416 e. The van der Waals surface area contributed by atoms with Crippen molar-refractivity contribution in [2.24, 2.45) is 0 Å². The number of ether oxygens (including phenoxy) is 1. The van der Waals surface area contributed by atoms with Crippen LogP contribution >= 0.6 is 0 Å². The molecule has 1 amide bonds. The number of ketones is 1. The number of Topliss-reactive ketones (excluding diaryl/α,β-unsaturated/α-hetero) is 1. The van der Waals surface area contributed by atoms with Gasteiger partial charge in [-0.3, -0.25) is 9.59 Å². The lowest BCUT2D eigenvalue weighted by Gasteiger charge is -2.20. The van der Waals surface area contributed by atoms with E-state index in [1.807, 2.05) is 0 Å². The Hall–Kier alpha value is -3.03. The fraction of sp³-hybridized carbons (Fsp3) is 0.300. The fourth-order valence-corrected chi connectivity index (χ4v) is 2.71. The van der Waals surface area contributed by atoms with Crippen LogP contribution in [0.2, 0.25) is 0 Å². The Bertz CT molecular complexity index is 893. The number of rotatable bonds is 6. The molecule has 0 saturated heterocycles. The van der Waals surface area contributed by atoms with Gasteiger partial charge in [0.05, 0.1) is 30.5 Å². The maximum Gasteiger partial charge on any atom is 0.416 e. The Kier molecular flexibility index (Phi) is 6.33. The van der Waals surface area contributed by atoms with E-state index in [1.165, 1.54) is 20.1 Å². The molecule has 0 aromatic heterocycles. The highest BCUT2D eigenvalue weighted by atomic mass is 19.4. The van der Waals surface area contributed by atoms with E-state index in [1.54, 1.807) is 37.2 Å². The zero-order valence-electron chi connectivity index (χ0n) is 16.0. The SMILES string of the molecule is COc1ccc(C(C)=O)cc1CC(=O)Nc1cc(C(F)(F)F)ccc1N(C)C. The van der Waals surface area contributed by atoms with Gasteiger partial charge in [0.1, 0.15) is 5.75 Å². The van der Waals surface area contributed by atoms with E-state index in [2.05, 4.69) is 5.32 Å². The summed E-state index contributed by atoms with van der Waals surface area (Å²) in [5, 5.41) is 2.53. The third kappa shape index (κ3) is 5.03. The largest absolute Gasteiger partial charge is 0.496 e. The molecule has 150 valence electrons. The topological polar surface area (TPSA) is 58.6 Å². The molecule has 0 radical (unpaired) electrons. The van der Waals surface area contributed by atoms with Crippen molar-refractivity contribution < 1.29 is 27.5 Å². The van der Waals surface area contributed by atoms with Crippen LogP contribution in [0.5, 0.6) is 5.75 Å². The number of alkyl halides is 3. The standard InChI is InChI=1S/C20H21F3N2O3/c1-12(26)13-5-8-18(28-4)14(9-13)10-19(27)24-16-11-15(20(21,22)23)6-7-17(16)25(2)3/h5-9,11H,10H2,1-4H3,(H,24,27). The Labute approximate surface area is 161 Å². The number of carbonyl (C=O) groups is 2. The number of nitrogens with one attached hydrogen (secondary N) is 1. The molecule has 1 N–H and O–H groups in total. The summed E-state index contributed by atoms with van der Waals surface area (Å²) in [7, 11) is 4.76. The van der Waals surface area contributed by atoms with Crippen LogP contribution in [0.15, 0.2) is 36.4 Å². The zero-order valence-corrected chi connectivity index (χ0v) is 16.0. The number of hydrogen-bond donors (Lipinski definition) is 1. The molecule has 5 nitrogen and oxygen atoms in total. The highest BCUT2D eigenvalue weighted by Crippen LogP contribution is 2.35. The van der Waals surface area contributed by atoms with Crippen molar-refractivity contribution in [1.82, 2.24) is 0 Å². The maximum atomic E-state index is 13.0. The number of benzene rings is 2. The number of amides is 1. The van der Waals surface area contributed by atoms with Gasteiger partial charge in [0.2, 0.25) is 5.91 Å². The van der Waals surface area contributed by atoms with Crippen molar-refractivity contribution in [3.8, 4) is 5.75 Å². The summed E-state index contributed by atoms with van der Waals surface area (Å²) in [6.45, 7) is 1.40. The van der Waals surface area contributed by atoms with Crippen molar-refractivity contribution in [2.45, 2.75) is 19.5 Å². The van der Waals surface area contributed by atoms with Crippen molar-refractivity contribution in [2.75, 3.05) is 31.4 Å². The van der Waals surface area contributed by atoms with Gasteiger partial charge in [-0.2, -0.15) is 13.2 Å². The summed E-state index contributed by atoms with van der Waals surface area (Å²) in [4.78, 5) is 25.7. The van der Waals surface area contributed by atoms with E-state index in [0.29, 0.717) is 22.6 Å². The first-order chi connectivity index (χ1) is 13.0. The number of methoxy groups -OCH3 is 1. The van der Waals surface area contributed by atoms with E-state index >= 15 is 0 Å². The molecule has 2 rings (SSSR count). The van der Waals surface area contributed by atoms with Crippen molar-refractivity contribution in [1.29, 1.82) is 0 Å². The summed E-state index contributed by atoms with van der Waals surface area (Å²) in [6.07, 6.45) is -4.68. The highest BCUT2D eigenvalue weighted by molar-refractivity contribution is 5.97. The Morgan fingerprint density at radius 1 is 1.11 bits per heavy atom. The average Bonchev–Trinajstić information content (AvgIpc) is 2.60. The first-order valence-corrected chi connectivity index (χ1v) is 8.39. The fourth-order valence-electron chi connectivity index (χ4n) is 2.71. The molecule has 0 fully saturated rings. The zero-order chi connectivity index (χ0) is 21.1. The Morgan fingerprint density at radius 2 is 1.79 bits per heavy atom. The van der Waals surface area contributed by atoms with Crippen LogP contribution in [0.4, 0.5) is 24.5 Å². The van der Waals surface area contributed by atoms with E-state index in [-0.39, 0.29) is 17.9 Å². The van der Waals surface area contributed by atoms with Crippen LogP contribution in [-0.2, 0) is 17.4 Å². The number of halogens is 3. The second-order valence-corrected chi connectivity index (χ2v) is 6.43. The van der Waals surface area contributed by atoms with Crippen LogP contribution in [0, 0.1) is 0 Å². The van der Waals surface area contributed by atoms with Gasteiger partial charge in [0, 0.05) is 25.2 Å². The minimum Gasteiger partial charge on any atom is -0.496 e. The Balaban J connectivity index is 2.32. The molecular formula is C20H21F3N2O3. The van der Waals surface area contributed by atoms with Crippen molar-refractivity contribution in [3.05, 3.63) is 53.1 Å². The maximum absolute atomic E-state index is 13.0. The molecule has 0 saturated carbocycles. The van der Waals surface area contributed by atoms with Crippen molar-refractivity contribution in [3.63, 3.8) is 0 Å². The molecule has 0 spiro atoms. The lowest BCUT2D eigenvalue weighted by molar-refractivity contribution is -0.137. The van der Waals surface area contributed by atoms with Gasteiger partial charge in [0.15, 0.2) is 5.78 Å². The summed E-state index contributed by atoms with van der Waals surface area (Å²) < 4.78 is 44.3. The first-order valence-electron chi connectivity index (χ1n) is 8.39. The van der Waals surface area contributed by atoms with Crippen molar-refractivity contribution >= 4 is 23.1 Å². The summed E-state index contributed by atoms with van der Waals surface area (Å²) in [5.74, 6) is -0.282. The van der Waals surface area contributed by atoms with Gasteiger partial charge in [0.25, 0.3) is 0 Å². The molecule has 0 heterocycles. The number of anilines is 2. The first kappa shape index (κ1) is 21.3. The predicted molar refractivity (Wildman–Crippen MR) is 101 cm³/mol. The molecule has 0 bridgehead atoms. The molecule has 0 unspecified atom stereocenters. The second-order valence-electron chi connectivity index (χ2n) is 6.43. The highest BCUT2D eigenvalue weighted by Gasteiger charge is 2.31. The van der Waals surface area contributed by atoms with Gasteiger partial charge >= 0.3 is 6.18 Å². The van der Waals surface area contributed by atoms with E-state index in [0.717, 1.165) is 12.1 Å². The molecule has 0 aliphatic rings. The van der Waals surface area contributed by atoms with E-state index < -0.39 is 17.6 Å². The molecule has 0 aliphatic heterocycles. The molecule has 28 heavy (non-hydrogen) atoms. The monoisotopic (exact) mass is 394 g/mol. The van der Waals surface area contributed by atoms with Crippen LogP contribution in [0.3, 0.4) is 0 Å². The molecule has 0 aliphatic carbocycles. The number of carbonyl (C=O) groups excluding carboxylic acids is 2. The van der Waals surface area contributed by atoms with E-state index in [4.69, 9.17) is 4.74 Å². The van der Waals surface area contributed by atoms with Gasteiger partial charge in [-0.15, -0.1) is 0 Å².